The van der Waals surface area contributed by atoms with Crippen molar-refractivity contribution in [2.24, 2.45) is 11.1 Å². The Morgan fingerprint density at radius 2 is 2.19 bits per heavy atom. The average Bonchev–Trinajstić information content (AvgIpc) is 2.44. The Balaban J connectivity index is 2.37. The van der Waals surface area contributed by atoms with Crippen LogP contribution in [-0.4, -0.2) is 23.3 Å². The van der Waals surface area contributed by atoms with E-state index < -0.39 is 17.4 Å². The molecule has 0 fully saturated rings. The molecule has 0 aromatic heterocycles. The first kappa shape index (κ1) is 15.5. The van der Waals surface area contributed by atoms with Gasteiger partial charge in [0.15, 0.2) is 0 Å². The molecule has 4 nitrogen and oxygen atoms in total. The third kappa shape index (κ3) is 2.94. The molecule has 2 N–H and O–H groups in total. The van der Waals surface area contributed by atoms with Gasteiger partial charge in [0.2, 0.25) is 11.8 Å². The zero-order valence-electron chi connectivity index (χ0n) is 13.0. The Morgan fingerprint density at radius 1 is 1.48 bits per heavy atom. The summed E-state index contributed by atoms with van der Waals surface area (Å²) in [6, 6.07) is 7.85. The van der Waals surface area contributed by atoms with Crippen LogP contribution in [0, 0.1) is 11.5 Å². The number of carbonyl (C=O) groups is 2. The second-order valence-electron chi connectivity index (χ2n) is 6.31. The van der Waals surface area contributed by atoms with Gasteiger partial charge in [0.25, 0.3) is 0 Å². The van der Waals surface area contributed by atoms with Crippen molar-refractivity contribution < 1.29 is 9.59 Å². The fraction of sp³-hybridized carbons (Fsp3) is 0.529. The van der Waals surface area contributed by atoms with Crippen LogP contribution in [0.3, 0.4) is 0 Å². The molecule has 1 aliphatic heterocycles. The lowest BCUT2D eigenvalue weighted by Crippen LogP contribution is -2.50. The van der Waals surface area contributed by atoms with Crippen molar-refractivity contribution in [2.45, 2.75) is 46.1 Å². The van der Waals surface area contributed by atoms with Crippen molar-refractivity contribution in [3.05, 3.63) is 35.4 Å². The van der Waals surface area contributed by atoms with Crippen molar-refractivity contribution in [1.29, 1.82) is 0 Å². The molecule has 4 heteroatoms. The Kier molecular flexibility index (Phi) is 4.35. The lowest BCUT2D eigenvalue weighted by atomic mass is 9.83. The number of rotatable bonds is 4. The Morgan fingerprint density at radius 3 is 2.81 bits per heavy atom. The first-order valence-corrected chi connectivity index (χ1v) is 7.47. The highest BCUT2D eigenvalue weighted by atomic mass is 16.2. The average molecular weight is 287 g/mol. The number of amides is 2. The van der Waals surface area contributed by atoms with Gasteiger partial charge in [0, 0.05) is 12.0 Å². The van der Waals surface area contributed by atoms with Crippen LogP contribution in [0.2, 0.25) is 0 Å². The number of hydrogen-bond donors (Lipinski definition) is 1. The molecule has 1 atom stereocenters. The van der Waals surface area contributed by atoms with E-state index >= 15 is 0 Å². The van der Waals surface area contributed by atoms with Gasteiger partial charge in [-0.25, -0.2) is 0 Å². The highest BCUT2D eigenvalue weighted by Crippen LogP contribution is 2.34. The van der Waals surface area contributed by atoms with Crippen LogP contribution in [0.15, 0.2) is 18.2 Å². The van der Waals surface area contributed by atoms with Crippen molar-refractivity contribution in [3.63, 3.8) is 0 Å². The predicted octanol–water partition coefficient (Wildman–Crippen LogP) is 2.22. The Bertz CT molecular complexity index is 551. The van der Waals surface area contributed by atoms with E-state index in [0.717, 1.165) is 30.4 Å². The number of benzene rings is 1. The summed E-state index contributed by atoms with van der Waals surface area (Å²) in [5.74, 6) is -0.463. The SMILES string of the molecule is CCCC(C)(C)C(=O)N1CCc2c[c]ccc2C1C(N)=O. The normalized spacial score (nSPS) is 18.2. The molecule has 0 aliphatic carbocycles. The van der Waals surface area contributed by atoms with Crippen molar-refractivity contribution in [3.8, 4) is 0 Å². The van der Waals surface area contributed by atoms with E-state index in [9.17, 15) is 9.59 Å². The lowest BCUT2D eigenvalue weighted by molar-refractivity contribution is -0.148. The molecule has 1 aromatic rings. The first-order chi connectivity index (χ1) is 9.88. The fourth-order valence-electron chi connectivity index (χ4n) is 3.14. The molecule has 0 saturated carbocycles. The van der Waals surface area contributed by atoms with E-state index in [2.05, 4.69) is 13.0 Å². The summed E-state index contributed by atoms with van der Waals surface area (Å²) in [7, 11) is 0. The third-order valence-electron chi connectivity index (χ3n) is 4.20. The minimum absolute atomic E-state index is 0.00614. The largest absolute Gasteiger partial charge is 0.368 e. The van der Waals surface area contributed by atoms with Crippen molar-refractivity contribution in [2.75, 3.05) is 6.54 Å². The van der Waals surface area contributed by atoms with Crippen molar-refractivity contribution in [1.82, 2.24) is 4.90 Å². The summed E-state index contributed by atoms with van der Waals surface area (Å²) in [5.41, 5.74) is 7.01. The topological polar surface area (TPSA) is 63.4 Å². The number of nitrogens with zero attached hydrogens (tertiary/aromatic N) is 1. The van der Waals surface area contributed by atoms with E-state index in [0.29, 0.717) is 6.54 Å². The molecule has 1 unspecified atom stereocenters. The molecular formula is C17H23N2O2. The second kappa shape index (κ2) is 5.88. The molecule has 2 rings (SSSR count). The van der Waals surface area contributed by atoms with E-state index in [-0.39, 0.29) is 5.91 Å². The van der Waals surface area contributed by atoms with E-state index in [1.165, 1.54) is 0 Å². The van der Waals surface area contributed by atoms with Gasteiger partial charge in [-0.2, -0.15) is 0 Å². The highest BCUT2D eigenvalue weighted by molar-refractivity contribution is 5.90. The minimum Gasteiger partial charge on any atom is -0.368 e. The number of nitrogens with two attached hydrogens (primary N) is 1. The van der Waals surface area contributed by atoms with Crippen LogP contribution in [0.5, 0.6) is 0 Å². The highest BCUT2D eigenvalue weighted by Gasteiger charge is 2.40. The van der Waals surface area contributed by atoms with Crippen molar-refractivity contribution >= 4 is 11.8 Å². The van der Waals surface area contributed by atoms with Gasteiger partial charge in [-0.05, 0) is 30.0 Å². The number of fused-ring (bicyclic) bond motifs is 1. The lowest BCUT2D eigenvalue weighted by Gasteiger charge is -2.39. The summed E-state index contributed by atoms with van der Waals surface area (Å²) in [6.45, 7) is 6.46. The molecule has 0 saturated heterocycles. The van der Waals surface area contributed by atoms with Gasteiger partial charge in [0.05, 0.1) is 0 Å². The van der Waals surface area contributed by atoms with Gasteiger partial charge in [-0.3, -0.25) is 9.59 Å². The number of hydrogen-bond acceptors (Lipinski definition) is 2. The second-order valence-corrected chi connectivity index (χ2v) is 6.31. The molecule has 0 spiro atoms. The van der Waals surface area contributed by atoms with Gasteiger partial charge < -0.3 is 10.6 Å². The molecule has 113 valence electrons. The van der Waals surface area contributed by atoms with Gasteiger partial charge in [-0.15, -0.1) is 0 Å². The molecule has 2 amide bonds. The summed E-state index contributed by atoms with van der Waals surface area (Å²) >= 11 is 0. The van der Waals surface area contributed by atoms with Crippen LogP contribution in [0.25, 0.3) is 0 Å². The molecule has 21 heavy (non-hydrogen) atoms. The zero-order chi connectivity index (χ0) is 15.6. The summed E-state index contributed by atoms with van der Waals surface area (Å²) in [5, 5.41) is 0. The van der Waals surface area contributed by atoms with E-state index in [1.54, 1.807) is 11.0 Å². The molecule has 0 bridgehead atoms. The first-order valence-electron chi connectivity index (χ1n) is 7.47. The fourth-order valence-corrected chi connectivity index (χ4v) is 3.14. The third-order valence-corrected chi connectivity index (χ3v) is 4.20. The van der Waals surface area contributed by atoms with Crippen LogP contribution >= 0.6 is 0 Å². The summed E-state index contributed by atoms with van der Waals surface area (Å²) in [6.07, 6.45) is 2.47. The smallest absolute Gasteiger partial charge is 0.244 e. The standard InChI is InChI=1S/C17H23N2O2/c1-4-10-17(2,3)16(21)19-11-9-12-7-5-6-8-13(12)14(19)15(18)20/h6-8,14H,4,9-11H2,1-3H3,(H2,18,20). The monoisotopic (exact) mass is 287 g/mol. The Hall–Kier alpha value is -1.84. The zero-order valence-corrected chi connectivity index (χ0v) is 13.0. The summed E-state index contributed by atoms with van der Waals surface area (Å²) in [4.78, 5) is 26.4. The minimum atomic E-state index is -0.660. The quantitative estimate of drug-likeness (QED) is 0.923. The number of primary amides is 1. The van der Waals surface area contributed by atoms with E-state index in [4.69, 9.17) is 5.73 Å². The van der Waals surface area contributed by atoms with Crippen LogP contribution < -0.4 is 5.73 Å². The van der Waals surface area contributed by atoms with Gasteiger partial charge in [0.1, 0.15) is 6.04 Å². The van der Waals surface area contributed by atoms with Crippen LogP contribution in [0.4, 0.5) is 0 Å². The van der Waals surface area contributed by atoms with Crippen LogP contribution in [-0.2, 0) is 16.0 Å². The van der Waals surface area contributed by atoms with Crippen LogP contribution in [0.1, 0.15) is 50.8 Å². The molecule has 1 aliphatic rings. The maximum absolute atomic E-state index is 12.8. The molecule has 1 aromatic carbocycles. The van der Waals surface area contributed by atoms with E-state index in [1.807, 2.05) is 26.0 Å². The maximum atomic E-state index is 12.8. The molecule has 1 radical (unpaired) electrons. The van der Waals surface area contributed by atoms with Gasteiger partial charge in [-0.1, -0.05) is 45.4 Å². The Labute approximate surface area is 126 Å². The predicted molar refractivity (Wildman–Crippen MR) is 81.3 cm³/mol. The molecule has 1 heterocycles. The van der Waals surface area contributed by atoms with Gasteiger partial charge >= 0.3 is 0 Å². The maximum Gasteiger partial charge on any atom is 0.244 e. The number of carbonyl (C=O) groups excluding carboxylic acids is 2. The molecular weight excluding hydrogens is 264 g/mol. The summed E-state index contributed by atoms with van der Waals surface area (Å²) < 4.78 is 0.